The highest BCUT2D eigenvalue weighted by Crippen LogP contribution is 2.36. The molecule has 2 aromatic heterocycles. The zero-order valence-electron chi connectivity index (χ0n) is 31.9. The molecule has 0 radical (unpaired) electrons. The Morgan fingerprint density at radius 3 is 1.79 bits per heavy atom. The lowest BCUT2D eigenvalue weighted by atomic mass is 10.0. The van der Waals surface area contributed by atoms with Gasteiger partial charge in [0.1, 0.15) is 23.8 Å². The van der Waals surface area contributed by atoms with Gasteiger partial charge in [-0.3, -0.25) is 9.59 Å². The first-order valence-corrected chi connectivity index (χ1v) is 20.2. The molecule has 4 aliphatic rings. The molecule has 13 heteroatoms. The number of H-pyrrole nitrogens is 2. The van der Waals surface area contributed by atoms with Crippen molar-refractivity contribution in [2.75, 3.05) is 46.0 Å². The van der Waals surface area contributed by atoms with Crippen molar-refractivity contribution in [2.45, 2.75) is 62.8 Å². The van der Waals surface area contributed by atoms with E-state index in [-0.39, 0.29) is 36.0 Å². The zero-order valence-corrected chi connectivity index (χ0v) is 31.9. The van der Waals surface area contributed by atoms with Gasteiger partial charge in [0.05, 0.1) is 49.1 Å². The van der Waals surface area contributed by atoms with Crippen molar-refractivity contribution in [1.29, 1.82) is 0 Å². The molecule has 13 nitrogen and oxygen atoms in total. The first-order valence-electron chi connectivity index (χ1n) is 20.2. The lowest BCUT2D eigenvalue weighted by Crippen LogP contribution is -2.50. The van der Waals surface area contributed by atoms with E-state index in [0.29, 0.717) is 39.5 Å². The number of hydrogen-bond acceptors (Lipinski definition) is 7. The van der Waals surface area contributed by atoms with Crippen molar-refractivity contribution in [3.63, 3.8) is 0 Å². The van der Waals surface area contributed by atoms with Crippen LogP contribution in [-0.4, -0.2) is 105 Å². The monoisotopic (exact) mass is 768 g/mol. The van der Waals surface area contributed by atoms with E-state index >= 15 is 0 Å². The van der Waals surface area contributed by atoms with E-state index in [9.17, 15) is 14.4 Å². The fourth-order valence-electron chi connectivity index (χ4n) is 8.66. The van der Waals surface area contributed by atoms with Crippen LogP contribution in [0.4, 0.5) is 4.79 Å². The van der Waals surface area contributed by atoms with Gasteiger partial charge >= 0.3 is 6.03 Å². The molecule has 0 spiro atoms. The molecule has 9 rings (SSSR count). The zero-order chi connectivity index (χ0) is 38.7. The minimum atomic E-state index is -0.813. The highest BCUT2D eigenvalue weighted by atomic mass is 16.5. The summed E-state index contributed by atoms with van der Waals surface area (Å²) in [6, 6.07) is 24.9. The number of hydrogen-bond donors (Lipinski definition) is 3. The number of nitrogens with one attached hydrogen (secondary N) is 3. The van der Waals surface area contributed by atoms with E-state index in [1.54, 1.807) is 4.90 Å². The summed E-state index contributed by atoms with van der Waals surface area (Å²) in [5.41, 5.74) is 6.75. The Balaban J connectivity index is 0.857. The minimum Gasteiger partial charge on any atom is -0.378 e. The lowest BCUT2D eigenvalue weighted by molar-refractivity contribution is -0.142. The van der Waals surface area contributed by atoms with Crippen LogP contribution in [0.1, 0.15) is 73.9 Å². The number of rotatable bonds is 9. The molecule has 57 heavy (non-hydrogen) atoms. The Morgan fingerprint density at radius 1 is 0.649 bits per heavy atom. The standard InChI is InChI=1S/C44H48N8O5/c53-42(38-11-6-24-57-38)51-20-4-9-36(51)40-45-27-34(47-40)31-16-12-29(13-17-31)30-14-18-32(19-15-30)35-28-46-41(48-35)37-10-5-21-52(37)43(54)39(33-7-2-1-3-8-33)49-44(55)50-22-25-56-26-23-50/h1-3,7-8,12-19,27-28,36-39H,4-6,9-11,20-26H2,(H,45,47)(H,46,48)(H,49,55)/t36-,37-,38+,39+/m0/s1. The minimum absolute atomic E-state index is 0.0502. The van der Waals surface area contributed by atoms with Crippen LogP contribution >= 0.6 is 0 Å². The highest BCUT2D eigenvalue weighted by Gasteiger charge is 2.39. The van der Waals surface area contributed by atoms with Gasteiger partial charge in [-0.15, -0.1) is 0 Å². The number of likely N-dealkylation sites (tertiary alicyclic amines) is 2. The summed E-state index contributed by atoms with van der Waals surface area (Å²) in [7, 11) is 0. The molecular weight excluding hydrogens is 721 g/mol. The number of morpholine rings is 1. The molecule has 0 bridgehead atoms. The smallest absolute Gasteiger partial charge is 0.318 e. The van der Waals surface area contributed by atoms with Gasteiger partial charge < -0.3 is 39.5 Å². The van der Waals surface area contributed by atoms with Gasteiger partial charge in [-0.1, -0.05) is 78.9 Å². The molecule has 6 heterocycles. The van der Waals surface area contributed by atoms with Crippen LogP contribution in [0.3, 0.4) is 0 Å². The molecule has 294 valence electrons. The summed E-state index contributed by atoms with van der Waals surface area (Å²) in [5, 5.41) is 3.03. The molecule has 4 amide bonds. The van der Waals surface area contributed by atoms with Gasteiger partial charge in [0.15, 0.2) is 0 Å². The van der Waals surface area contributed by atoms with Crippen molar-refractivity contribution < 1.29 is 23.9 Å². The number of benzene rings is 3. The Hall–Kier alpha value is -5.79. The fraction of sp³-hybridized carbons (Fsp3) is 0.386. The van der Waals surface area contributed by atoms with Crippen molar-refractivity contribution in [2.24, 2.45) is 0 Å². The maximum absolute atomic E-state index is 14.2. The van der Waals surface area contributed by atoms with Crippen molar-refractivity contribution >= 4 is 17.8 Å². The summed E-state index contributed by atoms with van der Waals surface area (Å²) >= 11 is 0. The summed E-state index contributed by atoms with van der Waals surface area (Å²) in [5.74, 6) is 1.50. The Labute approximate surface area is 331 Å². The fourth-order valence-corrected chi connectivity index (χ4v) is 8.66. The Kier molecular flexibility index (Phi) is 10.6. The largest absolute Gasteiger partial charge is 0.378 e. The van der Waals surface area contributed by atoms with Crippen LogP contribution in [0, 0.1) is 0 Å². The first-order chi connectivity index (χ1) is 28.0. The third-order valence-electron chi connectivity index (χ3n) is 11.8. The van der Waals surface area contributed by atoms with Crippen molar-refractivity contribution in [3.8, 4) is 33.6 Å². The van der Waals surface area contributed by atoms with E-state index in [1.165, 1.54) is 0 Å². The molecular formula is C44H48N8O5. The molecule has 4 atom stereocenters. The first kappa shape index (κ1) is 36.8. The average Bonchev–Trinajstić information content (AvgIpc) is 4.13. The number of carbonyl (C=O) groups excluding carboxylic acids is 3. The second-order valence-corrected chi connectivity index (χ2v) is 15.3. The number of aromatic amines is 2. The Bertz CT molecular complexity index is 2170. The maximum atomic E-state index is 14.2. The summed E-state index contributed by atoms with van der Waals surface area (Å²) in [6.45, 7) is 3.94. The predicted molar refractivity (Wildman–Crippen MR) is 213 cm³/mol. The topological polar surface area (TPSA) is 149 Å². The molecule has 4 saturated heterocycles. The maximum Gasteiger partial charge on any atom is 0.318 e. The molecule has 3 N–H and O–H groups in total. The van der Waals surface area contributed by atoms with Crippen molar-refractivity contribution in [3.05, 3.63) is 108 Å². The quantitative estimate of drug-likeness (QED) is 0.157. The molecule has 5 aromatic rings. The van der Waals surface area contributed by atoms with Gasteiger partial charge in [0.25, 0.3) is 5.91 Å². The van der Waals surface area contributed by atoms with Crippen LogP contribution in [0.2, 0.25) is 0 Å². The van der Waals surface area contributed by atoms with E-state index in [4.69, 9.17) is 19.4 Å². The van der Waals surface area contributed by atoms with Gasteiger partial charge in [0.2, 0.25) is 5.91 Å². The van der Waals surface area contributed by atoms with E-state index < -0.39 is 6.04 Å². The van der Waals surface area contributed by atoms with Gasteiger partial charge in [0, 0.05) is 32.8 Å². The van der Waals surface area contributed by atoms with Gasteiger partial charge in [-0.25, -0.2) is 14.8 Å². The van der Waals surface area contributed by atoms with Gasteiger partial charge in [-0.2, -0.15) is 0 Å². The number of ether oxygens (including phenoxy) is 2. The predicted octanol–water partition coefficient (Wildman–Crippen LogP) is 6.42. The van der Waals surface area contributed by atoms with Crippen molar-refractivity contribution in [1.82, 2.24) is 40.0 Å². The molecule has 4 fully saturated rings. The number of amides is 4. The average molecular weight is 769 g/mol. The molecule has 0 aliphatic carbocycles. The highest BCUT2D eigenvalue weighted by molar-refractivity contribution is 5.89. The van der Waals surface area contributed by atoms with Crippen LogP contribution in [0.25, 0.3) is 33.6 Å². The number of urea groups is 1. The second kappa shape index (κ2) is 16.4. The normalized spacial score (nSPS) is 21.5. The van der Waals surface area contributed by atoms with E-state index in [0.717, 1.165) is 95.9 Å². The SMILES string of the molecule is O=C(N[C@@H](C(=O)N1CCC[C@H]1c1ncc(-c2ccc(-c3ccc(-c4cnc([C@@H]5CCCN5C(=O)[C@H]5CCCO5)[nH]4)cc3)cc2)[nH]1)c1ccccc1)N1CCOCC1. The molecule has 3 aromatic carbocycles. The molecule has 0 saturated carbocycles. The number of imidazole rings is 2. The van der Waals surface area contributed by atoms with E-state index in [2.05, 4.69) is 63.8 Å². The summed E-state index contributed by atoms with van der Waals surface area (Å²) in [6.07, 6.45) is 8.58. The van der Waals surface area contributed by atoms with Crippen LogP contribution < -0.4 is 5.32 Å². The number of carbonyl (C=O) groups is 3. The number of aromatic nitrogens is 4. The third-order valence-corrected chi connectivity index (χ3v) is 11.8. The lowest BCUT2D eigenvalue weighted by Gasteiger charge is -2.32. The summed E-state index contributed by atoms with van der Waals surface area (Å²) < 4.78 is 11.1. The molecule has 0 unspecified atom stereocenters. The van der Waals surface area contributed by atoms with Crippen LogP contribution in [0.5, 0.6) is 0 Å². The molecule has 4 aliphatic heterocycles. The van der Waals surface area contributed by atoms with Crippen LogP contribution in [-0.2, 0) is 19.1 Å². The summed E-state index contributed by atoms with van der Waals surface area (Å²) in [4.78, 5) is 62.6. The third kappa shape index (κ3) is 7.69. The second-order valence-electron chi connectivity index (χ2n) is 15.3. The van der Waals surface area contributed by atoms with Crippen LogP contribution in [0.15, 0.2) is 91.3 Å². The van der Waals surface area contributed by atoms with Gasteiger partial charge in [-0.05, 0) is 66.3 Å². The number of nitrogens with zero attached hydrogens (tertiary/aromatic N) is 5. The Morgan fingerprint density at radius 2 is 1.21 bits per heavy atom. The van der Waals surface area contributed by atoms with E-state index in [1.807, 2.05) is 52.5 Å².